The summed E-state index contributed by atoms with van der Waals surface area (Å²) in [4.78, 5) is 50.2. The van der Waals surface area contributed by atoms with Gasteiger partial charge in [0.05, 0.1) is 4.92 Å². The molecule has 2 bridgehead atoms. The molecule has 2 aliphatic rings. The van der Waals surface area contributed by atoms with E-state index >= 15 is 0 Å². The number of nitrogens with zero attached hydrogens (tertiary/aromatic N) is 3. The van der Waals surface area contributed by atoms with Gasteiger partial charge in [0.2, 0.25) is 5.91 Å². The summed E-state index contributed by atoms with van der Waals surface area (Å²) in [7, 11) is 0. The molecule has 2 N–H and O–H groups in total. The van der Waals surface area contributed by atoms with E-state index in [1.54, 1.807) is 17.0 Å². The summed E-state index contributed by atoms with van der Waals surface area (Å²) in [6, 6.07) is 9.72. The molecule has 1 fully saturated rings. The predicted molar refractivity (Wildman–Crippen MR) is 122 cm³/mol. The van der Waals surface area contributed by atoms with Crippen molar-refractivity contribution in [1.82, 2.24) is 14.8 Å². The van der Waals surface area contributed by atoms with Crippen molar-refractivity contribution in [2.75, 3.05) is 18.4 Å². The van der Waals surface area contributed by atoms with Crippen LogP contribution < -0.4 is 16.2 Å². The molecule has 4 rings (SSSR count). The van der Waals surface area contributed by atoms with Crippen molar-refractivity contribution >= 4 is 23.3 Å². The number of benzene rings is 1. The highest BCUT2D eigenvalue weighted by atomic mass is 16.6. The van der Waals surface area contributed by atoms with Crippen LogP contribution in [0.4, 0.5) is 16.2 Å². The molecule has 0 saturated carbocycles. The maximum Gasteiger partial charge on any atom is 0.318 e. The van der Waals surface area contributed by atoms with Gasteiger partial charge in [-0.2, -0.15) is 0 Å². The van der Waals surface area contributed by atoms with Crippen molar-refractivity contribution in [1.29, 1.82) is 0 Å². The van der Waals surface area contributed by atoms with Crippen molar-refractivity contribution in [3.05, 3.63) is 68.6 Å². The zero-order valence-electron chi connectivity index (χ0n) is 18.6. The van der Waals surface area contributed by atoms with Gasteiger partial charge in [0.1, 0.15) is 6.04 Å². The fourth-order valence-electron chi connectivity index (χ4n) is 4.71. The molecular weight excluding hydrogens is 426 g/mol. The molecule has 2 aliphatic heterocycles. The largest absolute Gasteiger partial charge is 0.326 e. The van der Waals surface area contributed by atoms with Crippen LogP contribution in [-0.2, 0) is 11.3 Å². The number of carbonyl (C=O) groups is 2. The SMILES string of the molecule is CC(C)[C@H](NC(=O)N1C[C@@H]2C[C@H](C1)c1cccc(=O)n1C2)C(=O)Nc1ccc([N+](=O)[O-])cc1. The van der Waals surface area contributed by atoms with Crippen LogP contribution in [0.25, 0.3) is 0 Å². The number of nitro benzene ring substituents is 1. The smallest absolute Gasteiger partial charge is 0.318 e. The number of hydrogen-bond donors (Lipinski definition) is 2. The number of nitrogens with one attached hydrogen (secondary N) is 2. The molecular formula is C23H27N5O5. The Morgan fingerprint density at radius 2 is 1.82 bits per heavy atom. The summed E-state index contributed by atoms with van der Waals surface area (Å²) in [5, 5.41) is 16.4. The minimum absolute atomic E-state index is 0.0112. The van der Waals surface area contributed by atoms with Gasteiger partial charge in [-0.3, -0.25) is 19.7 Å². The standard InChI is InChI=1S/C23H27N5O5/c1-14(2)21(22(30)24-17-6-8-18(9-7-17)28(32)33)25-23(31)26-11-15-10-16(13-26)19-4-3-5-20(29)27(19)12-15/h3-9,14-16,21H,10-13H2,1-2H3,(H,24,30)(H,25,31)/t15-,16+,21-/m0/s1. The molecule has 3 amide bonds. The van der Waals surface area contributed by atoms with Crippen LogP contribution in [0.3, 0.4) is 0 Å². The van der Waals surface area contributed by atoms with Gasteiger partial charge in [-0.25, -0.2) is 4.79 Å². The van der Waals surface area contributed by atoms with E-state index in [0.29, 0.717) is 25.3 Å². The number of non-ortho nitro benzene ring substituents is 1. The van der Waals surface area contributed by atoms with E-state index in [9.17, 15) is 24.5 Å². The second-order valence-electron chi connectivity index (χ2n) is 9.07. The van der Waals surface area contributed by atoms with Crippen LogP contribution in [0.2, 0.25) is 0 Å². The monoisotopic (exact) mass is 453 g/mol. The van der Waals surface area contributed by atoms with Crippen LogP contribution in [0, 0.1) is 22.0 Å². The van der Waals surface area contributed by atoms with Gasteiger partial charge in [0.25, 0.3) is 11.2 Å². The Hall–Kier alpha value is -3.69. The summed E-state index contributed by atoms with van der Waals surface area (Å²) in [6.07, 6.45) is 0.932. The lowest BCUT2D eigenvalue weighted by Crippen LogP contribution is -2.56. The average molecular weight is 453 g/mol. The van der Waals surface area contributed by atoms with Crippen molar-refractivity contribution in [3.8, 4) is 0 Å². The Balaban J connectivity index is 1.43. The number of carbonyl (C=O) groups excluding carboxylic acids is 2. The van der Waals surface area contributed by atoms with E-state index in [0.717, 1.165) is 12.1 Å². The molecule has 1 saturated heterocycles. The number of likely N-dealkylation sites (tertiary alicyclic amines) is 1. The van der Waals surface area contributed by atoms with Gasteiger partial charge < -0.3 is 20.1 Å². The van der Waals surface area contributed by atoms with E-state index in [1.807, 2.05) is 24.5 Å². The molecule has 0 radical (unpaired) electrons. The minimum atomic E-state index is -0.774. The molecule has 33 heavy (non-hydrogen) atoms. The van der Waals surface area contributed by atoms with Gasteiger partial charge in [0, 0.05) is 55.1 Å². The van der Waals surface area contributed by atoms with Gasteiger partial charge in [-0.15, -0.1) is 0 Å². The zero-order valence-corrected chi connectivity index (χ0v) is 18.6. The third-order valence-electron chi connectivity index (χ3n) is 6.34. The Morgan fingerprint density at radius 3 is 2.48 bits per heavy atom. The molecule has 10 heteroatoms. The summed E-state index contributed by atoms with van der Waals surface area (Å²) in [5.41, 5.74) is 1.29. The number of piperidine rings is 1. The molecule has 3 atom stereocenters. The number of urea groups is 1. The maximum atomic E-state index is 13.1. The Morgan fingerprint density at radius 1 is 1.09 bits per heavy atom. The number of hydrogen-bond acceptors (Lipinski definition) is 5. The number of nitro groups is 1. The Kier molecular flexibility index (Phi) is 6.17. The van der Waals surface area contributed by atoms with E-state index in [1.165, 1.54) is 24.3 Å². The van der Waals surface area contributed by atoms with E-state index in [2.05, 4.69) is 10.6 Å². The first kappa shape index (κ1) is 22.5. The van der Waals surface area contributed by atoms with Crippen molar-refractivity contribution in [3.63, 3.8) is 0 Å². The molecule has 1 aromatic carbocycles. The summed E-state index contributed by atoms with van der Waals surface area (Å²) in [5.74, 6) is -0.283. The summed E-state index contributed by atoms with van der Waals surface area (Å²) >= 11 is 0. The van der Waals surface area contributed by atoms with E-state index in [-0.39, 0.29) is 40.9 Å². The fraction of sp³-hybridized carbons (Fsp3) is 0.435. The quantitative estimate of drug-likeness (QED) is 0.531. The van der Waals surface area contributed by atoms with Crippen LogP contribution in [0.15, 0.2) is 47.3 Å². The van der Waals surface area contributed by atoms with Crippen molar-refractivity contribution in [2.45, 2.75) is 38.8 Å². The van der Waals surface area contributed by atoms with Crippen molar-refractivity contribution in [2.24, 2.45) is 11.8 Å². The second kappa shape index (κ2) is 9.05. The number of fused-ring (bicyclic) bond motifs is 4. The third kappa shape index (κ3) is 4.74. The first-order chi connectivity index (χ1) is 15.7. The first-order valence-corrected chi connectivity index (χ1v) is 11.0. The molecule has 1 aromatic heterocycles. The molecule has 3 heterocycles. The Bertz CT molecular complexity index is 1130. The molecule has 2 aromatic rings. The first-order valence-electron chi connectivity index (χ1n) is 11.0. The fourth-order valence-corrected chi connectivity index (χ4v) is 4.71. The third-order valence-corrected chi connectivity index (χ3v) is 6.34. The molecule has 0 unspecified atom stereocenters. The molecule has 174 valence electrons. The number of rotatable bonds is 5. The van der Waals surface area contributed by atoms with Gasteiger partial charge in [-0.05, 0) is 36.5 Å². The lowest BCUT2D eigenvalue weighted by molar-refractivity contribution is -0.384. The second-order valence-corrected chi connectivity index (χ2v) is 9.07. The van der Waals surface area contributed by atoms with Gasteiger partial charge in [0.15, 0.2) is 0 Å². The van der Waals surface area contributed by atoms with Crippen LogP contribution in [0.1, 0.15) is 31.9 Å². The number of amides is 3. The Labute approximate surface area is 190 Å². The summed E-state index contributed by atoms with van der Waals surface area (Å²) < 4.78 is 1.81. The van der Waals surface area contributed by atoms with Crippen LogP contribution >= 0.6 is 0 Å². The van der Waals surface area contributed by atoms with Crippen LogP contribution in [-0.4, -0.2) is 45.5 Å². The van der Waals surface area contributed by atoms with Crippen LogP contribution in [0.5, 0.6) is 0 Å². The lowest BCUT2D eigenvalue weighted by Gasteiger charge is -2.43. The highest BCUT2D eigenvalue weighted by Gasteiger charge is 2.37. The van der Waals surface area contributed by atoms with Gasteiger partial charge in [-0.1, -0.05) is 19.9 Å². The average Bonchev–Trinajstić information content (AvgIpc) is 2.78. The molecule has 0 aliphatic carbocycles. The van der Waals surface area contributed by atoms with Gasteiger partial charge >= 0.3 is 6.03 Å². The topological polar surface area (TPSA) is 127 Å². The lowest BCUT2D eigenvalue weighted by atomic mass is 9.83. The summed E-state index contributed by atoms with van der Waals surface area (Å²) in [6.45, 7) is 5.28. The number of aromatic nitrogens is 1. The normalized spacial score (nSPS) is 20.0. The highest BCUT2D eigenvalue weighted by molar-refractivity contribution is 5.97. The number of pyridine rings is 1. The molecule has 10 nitrogen and oxygen atoms in total. The van der Waals surface area contributed by atoms with E-state index < -0.39 is 11.0 Å². The van der Waals surface area contributed by atoms with E-state index in [4.69, 9.17) is 0 Å². The molecule has 0 spiro atoms. The zero-order chi connectivity index (χ0) is 23.7. The highest BCUT2D eigenvalue weighted by Crippen LogP contribution is 2.35. The predicted octanol–water partition coefficient (Wildman–Crippen LogP) is 2.55. The maximum absolute atomic E-state index is 13.1. The number of anilines is 1. The van der Waals surface area contributed by atoms with Crippen molar-refractivity contribution < 1.29 is 14.5 Å². The minimum Gasteiger partial charge on any atom is -0.326 e.